The van der Waals surface area contributed by atoms with E-state index in [1.54, 1.807) is 18.4 Å². The number of methoxy groups -OCH3 is 1. The van der Waals surface area contributed by atoms with Crippen LogP contribution in [0.15, 0.2) is 48.7 Å². The van der Waals surface area contributed by atoms with Crippen LogP contribution in [0.2, 0.25) is 0 Å². The monoisotopic (exact) mass is 380 g/mol. The Hall–Kier alpha value is -2.37. The summed E-state index contributed by atoms with van der Waals surface area (Å²) in [6, 6.07) is 14.8. The maximum absolute atomic E-state index is 6.07. The Bertz CT molecular complexity index is 908. The molecule has 0 bridgehead atoms. The fourth-order valence-electron chi connectivity index (χ4n) is 3.43. The summed E-state index contributed by atoms with van der Waals surface area (Å²) in [6.45, 7) is 5.53. The van der Waals surface area contributed by atoms with Gasteiger partial charge in [0, 0.05) is 53.3 Å². The zero-order valence-corrected chi connectivity index (χ0v) is 16.6. The summed E-state index contributed by atoms with van der Waals surface area (Å²) in [4.78, 5) is 9.45. The van der Waals surface area contributed by atoms with Crippen molar-refractivity contribution in [1.82, 2.24) is 9.88 Å². The van der Waals surface area contributed by atoms with Gasteiger partial charge in [0.05, 0.1) is 7.11 Å². The van der Waals surface area contributed by atoms with Crippen molar-refractivity contribution in [3.05, 3.63) is 64.8 Å². The molecule has 4 rings (SSSR count). The van der Waals surface area contributed by atoms with Gasteiger partial charge in [-0.3, -0.25) is 9.88 Å². The first-order chi connectivity index (χ1) is 13.2. The zero-order chi connectivity index (χ0) is 18.6. The second-order valence-electron chi connectivity index (χ2n) is 6.77. The summed E-state index contributed by atoms with van der Waals surface area (Å²) in [5, 5.41) is 0. The Labute approximate surface area is 164 Å². The molecule has 0 atom stereocenters. The molecule has 2 aromatic heterocycles. The highest BCUT2D eigenvalue weighted by molar-refractivity contribution is 7.15. The molecule has 1 aliphatic rings. The van der Waals surface area contributed by atoms with Crippen molar-refractivity contribution < 1.29 is 9.47 Å². The number of aryl methyl sites for hydroxylation is 1. The minimum Gasteiger partial charge on any atom is -0.493 e. The Morgan fingerprint density at radius 3 is 2.89 bits per heavy atom. The number of hydrogen-bond acceptors (Lipinski definition) is 5. The van der Waals surface area contributed by atoms with Gasteiger partial charge < -0.3 is 9.47 Å². The molecule has 1 aromatic carbocycles. The van der Waals surface area contributed by atoms with Crippen LogP contribution in [0.5, 0.6) is 11.5 Å². The van der Waals surface area contributed by atoms with E-state index >= 15 is 0 Å². The van der Waals surface area contributed by atoms with Crippen molar-refractivity contribution in [3.8, 4) is 21.9 Å². The van der Waals surface area contributed by atoms with E-state index in [1.165, 1.54) is 20.9 Å². The minimum absolute atomic E-state index is 0.670. The first-order valence-electron chi connectivity index (χ1n) is 9.26. The number of fused-ring (bicyclic) bond motifs is 1. The van der Waals surface area contributed by atoms with Crippen molar-refractivity contribution in [2.24, 2.45) is 0 Å². The molecule has 0 aliphatic carbocycles. The van der Waals surface area contributed by atoms with Crippen LogP contribution in [0.3, 0.4) is 0 Å². The van der Waals surface area contributed by atoms with E-state index in [1.807, 2.05) is 18.3 Å². The van der Waals surface area contributed by atoms with Gasteiger partial charge in [-0.1, -0.05) is 6.07 Å². The van der Waals surface area contributed by atoms with Crippen LogP contribution in [-0.2, 0) is 13.0 Å². The van der Waals surface area contributed by atoms with E-state index in [-0.39, 0.29) is 0 Å². The third-order valence-electron chi connectivity index (χ3n) is 4.83. The zero-order valence-electron chi connectivity index (χ0n) is 15.8. The number of rotatable bonds is 5. The molecule has 27 heavy (non-hydrogen) atoms. The summed E-state index contributed by atoms with van der Waals surface area (Å²) < 4.78 is 11.7. The first kappa shape index (κ1) is 18.0. The molecular formula is C22H24N2O2S. The molecule has 0 N–H and O–H groups in total. The molecule has 0 fully saturated rings. The highest BCUT2D eigenvalue weighted by Crippen LogP contribution is 2.40. The summed E-state index contributed by atoms with van der Waals surface area (Å²) in [5.41, 5.74) is 3.51. The maximum atomic E-state index is 6.07. The van der Waals surface area contributed by atoms with Crippen molar-refractivity contribution in [1.29, 1.82) is 0 Å². The molecule has 5 heteroatoms. The summed E-state index contributed by atoms with van der Waals surface area (Å²) in [7, 11) is 1.71. The number of hydrogen-bond donors (Lipinski definition) is 0. The lowest BCUT2D eigenvalue weighted by molar-refractivity contribution is 0.224. The maximum Gasteiger partial charge on any atom is 0.165 e. The second kappa shape index (κ2) is 8.11. The quantitative estimate of drug-likeness (QED) is 0.650. The van der Waals surface area contributed by atoms with E-state index in [2.05, 4.69) is 47.1 Å². The Morgan fingerprint density at radius 1 is 1.22 bits per heavy atom. The molecule has 140 valence electrons. The highest BCUT2D eigenvalue weighted by Gasteiger charge is 2.21. The van der Waals surface area contributed by atoms with Crippen LogP contribution in [-0.4, -0.2) is 36.7 Å². The van der Waals surface area contributed by atoms with E-state index in [4.69, 9.17) is 9.47 Å². The molecule has 0 radical (unpaired) electrons. The van der Waals surface area contributed by atoms with Crippen molar-refractivity contribution in [2.75, 3.05) is 26.8 Å². The van der Waals surface area contributed by atoms with Crippen LogP contribution in [0.1, 0.15) is 16.1 Å². The first-order valence-corrected chi connectivity index (χ1v) is 10.1. The van der Waals surface area contributed by atoms with Crippen molar-refractivity contribution in [2.45, 2.75) is 19.9 Å². The fourth-order valence-corrected chi connectivity index (χ4v) is 4.29. The lowest BCUT2D eigenvalue weighted by Gasteiger charge is -2.19. The molecule has 4 nitrogen and oxygen atoms in total. The predicted molar refractivity (Wildman–Crippen MR) is 110 cm³/mol. The second-order valence-corrected chi connectivity index (χ2v) is 8.06. The van der Waals surface area contributed by atoms with E-state index < -0.39 is 0 Å². The topological polar surface area (TPSA) is 34.6 Å². The molecule has 0 amide bonds. The van der Waals surface area contributed by atoms with Gasteiger partial charge in [-0.2, -0.15) is 0 Å². The van der Waals surface area contributed by atoms with E-state index in [0.29, 0.717) is 6.61 Å². The van der Waals surface area contributed by atoms with Gasteiger partial charge in [0.2, 0.25) is 0 Å². The van der Waals surface area contributed by atoms with Crippen molar-refractivity contribution in [3.63, 3.8) is 0 Å². The average Bonchev–Trinajstić information content (AvgIpc) is 3.02. The smallest absolute Gasteiger partial charge is 0.165 e. The highest BCUT2D eigenvalue weighted by atomic mass is 32.1. The van der Waals surface area contributed by atoms with Gasteiger partial charge >= 0.3 is 0 Å². The van der Waals surface area contributed by atoms with E-state index in [0.717, 1.165) is 43.2 Å². The van der Waals surface area contributed by atoms with Gasteiger partial charge in [-0.25, -0.2) is 0 Å². The Balaban J connectivity index is 1.58. The summed E-state index contributed by atoms with van der Waals surface area (Å²) >= 11 is 1.81. The third kappa shape index (κ3) is 4.15. The van der Waals surface area contributed by atoms with Crippen molar-refractivity contribution >= 4 is 11.3 Å². The Morgan fingerprint density at radius 2 is 2.15 bits per heavy atom. The number of pyridine rings is 1. The van der Waals surface area contributed by atoms with Gasteiger partial charge in [0.25, 0.3) is 0 Å². The molecule has 0 unspecified atom stereocenters. The lowest BCUT2D eigenvalue weighted by atomic mass is 10.1. The van der Waals surface area contributed by atoms with Crippen LogP contribution in [0.4, 0.5) is 0 Å². The predicted octanol–water partition coefficient (Wildman–Crippen LogP) is 4.56. The van der Waals surface area contributed by atoms with Crippen LogP contribution in [0, 0.1) is 6.92 Å². The normalized spacial score (nSPS) is 14.3. The molecular weight excluding hydrogens is 356 g/mol. The number of nitrogens with zero attached hydrogens (tertiary/aromatic N) is 2. The van der Waals surface area contributed by atoms with Gasteiger partial charge in [0.1, 0.15) is 6.61 Å². The number of aromatic nitrogens is 1. The van der Waals surface area contributed by atoms with Gasteiger partial charge in [-0.05, 0) is 48.9 Å². The van der Waals surface area contributed by atoms with Crippen LogP contribution >= 0.6 is 11.3 Å². The number of thiophene rings is 1. The van der Waals surface area contributed by atoms with Crippen LogP contribution in [0.25, 0.3) is 10.4 Å². The average molecular weight is 381 g/mol. The molecule has 0 spiro atoms. The molecule has 0 saturated heterocycles. The minimum atomic E-state index is 0.670. The van der Waals surface area contributed by atoms with Gasteiger partial charge in [-0.15, -0.1) is 11.3 Å². The summed E-state index contributed by atoms with van der Waals surface area (Å²) in [5.74, 6) is 1.70. The summed E-state index contributed by atoms with van der Waals surface area (Å²) in [6.07, 6.45) is 2.80. The molecule has 3 heterocycles. The molecule has 3 aromatic rings. The third-order valence-corrected chi connectivity index (χ3v) is 5.88. The lowest BCUT2D eigenvalue weighted by Crippen LogP contribution is -2.28. The number of ether oxygens (including phenoxy) is 2. The SMILES string of the molecule is COc1cc(-c2ccc(C)s2)cc2c1OCCN(CCc1ccccn1)C2. The standard InChI is InChI=1S/C22H24N2O2S/c1-16-6-7-21(27-16)17-13-18-15-24(10-8-19-5-3-4-9-23-19)11-12-26-22(18)20(14-17)25-2/h3-7,9,13-14H,8,10-12,15H2,1-2H3. The van der Waals surface area contributed by atoms with Crippen LogP contribution < -0.4 is 9.47 Å². The largest absolute Gasteiger partial charge is 0.493 e. The number of benzene rings is 1. The Kier molecular flexibility index (Phi) is 5.41. The molecule has 0 saturated carbocycles. The fraction of sp³-hybridized carbons (Fsp3) is 0.318. The molecule has 1 aliphatic heterocycles. The van der Waals surface area contributed by atoms with Gasteiger partial charge in [0.15, 0.2) is 11.5 Å². The van der Waals surface area contributed by atoms with E-state index in [9.17, 15) is 0 Å².